The van der Waals surface area contributed by atoms with Crippen molar-refractivity contribution in [1.82, 2.24) is 5.32 Å². The van der Waals surface area contributed by atoms with E-state index < -0.39 is 0 Å². The molecule has 0 aliphatic heterocycles. The topological polar surface area (TPSA) is 55.4 Å². The van der Waals surface area contributed by atoms with Crippen LogP contribution in [0.2, 0.25) is 0 Å². The third-order valence-corrected chi connectivity index (χ3v) is 2.53. The zero-order valence-electron chi connectivity index (χ0n) is 11.0. The fourth-order valence-corrected chi connectivity index (χ4v) is 1.68. The van der Waals surface area contributed by atoms with Gasteiger partial charge in [-0.1, -0.05) is 29.8 Å². The first-order valence-corrected chi connectivity index (χ1v) is 6.02. The van der Waals surface area contributed by atoms with Gasteiger partial charge in [0.05, 0.1) is 19.1 Å². The summed E-state index contributed by atoms with van der Waals surface area (Å²) in [5.41, 5.74) is 2.04. The molecule has 1 N–H and O–H groups in total. The van der Waals surface area contributed by atoms with Gasteiger partial charge in [-0.25, -0.2) is 0 Å². The molecule has 0 aliphatic carbocycles. The fraction of sp³-hybridized carbons (Fsp3) is 0.429. The summed E-state index contributed by atoms with van der Waals surface area (Å²) in [5, 5.41) is 2.77. The van der Waals surface area contributed by atoms with Crippen molar-refractivity contribution < 1.29 is 14.3 Å². The second-order valence-electron chi connectivity index (χ2n) is 4.17. The number of carbonyl (C=O) groups is 2. The van der Waals surface area contributed by atoms with E-state index in [2.05, 4.69) is 5.32 Å². The first-order chi connectivity index (χ1) is 8.52. The van der Waals surface area contributed by atoms with Gasteiger partial charge in [-0.3, -0.25) is 9.59 Å². The summed E-state index contributed by atoms with van der Waals surface area (Å²) in [6.45, 7) is 5.53. The van der Waals surface area contributed by atoms with Gasteiger partial charge in [0.15, 0.2) is 0 Å². The van der Waals surface area contributed by atoms with E-state index in [0.717, 1.165) is 11.1 Å². The number of hydrogen-bond donors (Lipinski definition) is 1. The van der Waals surface area contributed by atoms with E-state index >= 15 is 0 Å². The molecular formula is C14H19NO3. The Morgan fingerprint density at radius 1 is 1.28 bits per heavy atom. The van der Waals surface area contributed by atoms with Gasteiger partial charge in [-0.05, 0) is 19.4 Å². The van der Waals surface area contributed by atoms with Gasteiger partial charge in [0.2, 0.25) is 5.91 Å². The highest BCUT2D eigenvalue weighted by Crippen LogP contribution is 2.18. The molecule has 4 nitrogen and oxygen atoms in total. The molecule has 0 fully saturated rings. The quantitative estimate of drug-likeness (QED) is 0.813. The SMILES string of the molecule is CCOC(=O)CC(NC(C)=O)c1ccc(C)cc1. The van der Waals surface area contributed by atoms with Gasteiger partial charge >= 0.3 is 5.97 Å². The van der Waals surface area contributed by atoms with Crippen LogP contribution in [0.5, 0.6) is 0 Å². The third kappa shape index (κ3) is 4.57. The predicted molar refractivity (Wildman–Crippen MR) is 69.0 cm³/mol. The van der Waals surface area contributed by atoms with Gasteiger partial charge in [0.1, 0.15) is 0 Å². The summed E-state index contributed by atoms with van der Waals surface area (Å²) in [6.07, 6.45) is 0.149. The Morgan fingerprint density at radius 3 is 2.39 bits per heavy atom. The van der Waals surface area contributed by atoms with E-state index in [1.54, 1.807) is 6.92 Å². The van der Waals surface area contributed by atoms with Crippen molar-refractivity contribution >= 4 is 11.9 Å². The van der Waals surface area contributed by atoms with Crippen LogP contribution in [0.3, 0.4) is 0 Å². The van der Waals surface area contributed by atoms with E-state index in [9.17, 15) is 9.59 Å². The van der Waals surface area contributed by atoms with Crippen LogP contribution < -0.4 is 5.32 Å². The van der Waals surface area contributed by atoms with Gasteiger partial charge in [0, 0.05) is 6.92 Å². The normalized spacial score (nSPS) is 11.7. The van der Waals surface area contributed by atoms with Crippen molar-refractivity contribution in [2.45, 2.75) is 33.2 Å². The lowest BCUT2D eigenvalue weighted by atomic mass is 10.0. The van der Waals surface area contributed by atoms with E-state index in [0.29, 0.717) is 6.61 Å². The Bertz CT molecular complexity index is 412. The summed E-state index contributed by atoms with van der Waals surface area (Å²) in [7, 11) is 0. The minimum Gasteiger partial charge on any atom is -0.466 e. The summed E-state index contributed by atoms with van der Waals surface area (Å²) in [6, 6.07) is 7.40. The largest absolute Gasteiger partial charge is 0.466 e. The maximum atomic E-state index is 11.5. The molecule has 0 spiro atoms. The minimum absolute atomic E-state index is 0.149. The number of esters is 1. The third-order valence-electron chi connectivity index (χ3n) is 2.53. The average molecular weight is 249 g/mol. The lowest BCUT2D eigenvalue weighted by Crippen LogP contribution is -2.28. The number of aryl methyl sites for hydroxylation is 1. The van der Waals surface area contributed by atoms with Crippen molar-refractivity contribution in [2.75, 3.05) is 6.61 Å². The molecule has 0 aromatic heterocycles. The zero-order chi connectivity index (χ0) is 13.5. The summed E-state index contributed by atoms with van der Waals surface area (Å²) < 4.78 is 4.91. The molecule has 0 saturated heterocycles. The smallest absolute Gasteiger partial charge is 0.308 e. The van der Waals surface area contributed by atoms with Gasteiger partial charge < -0.3 is 10.1 Å². The van der Waals surface area contributed by atoms with Crippen LogP contribution in [0, 0.1) is 6.92 Å². The highest BCUT2D eigenvalue weighted by molar-refractivity contribution is 5.76. The van der Waals surface area contributed by atoms with E-state index in [1.807, 2.05) is 31.2 Å². The van der Waals surface area contributed by atoms with Crippen molar-refractivity contribution in [3.63, 3.8) is 0 Å². The second kappa shape index (κ2) is 6.79. The number of hydrogen-bond acceptors (Lipinski definition) is 3. The summed E-state index contributed by atoms with van der Waals surface area (Å²) in [4.78, 5) is 22.7. The molecular weight excluding hydrogens is 230 g/mol. The minimum atomic E-state index is -0.331. The van der Waals surface area contributed by atoms with Crippen LogP contribution in [-0.4, -0.2) is 18.5 Å². The average Bonchev–Trinajstić information content (AvgIpc) is 2.28. The molecule has 1 aromatic rings. The molecule has 98 valence electrons. The maximum absolute atomic E-state index is 11.5. The van der Waals surface area contributed by atoms with Crippen LogP contribution in [0.15, 0.2) is 24.3 Å². The van der Waals surface area contributed by atoms with E-state index in [1.165, 1.54) is 6.92 Å². The first-order valence-electron chi connectivity index (χ1n) is 6.02. The predicted octanol–water partition coefficient (Wildman–Crippen LogP) is 2.13. The monoisotopic (exact) mass is 249 g/mol. The van der Waals surface area contributed by atoms with Crippen LogP contribution in [0.1, 0.15) is 37.4 Å². The molecule has 0 heterocycles. The highest BCUT2D eigenvalue weighted by atomic mass is 16.5. The van der Waals surface area contributed by atoms with Crippen LogP contribution >= 0.6 is 0 Å². The molecule has 1 aromatic carbocycles. The molecule has 1 rings (SSSR count). The molecule has 0 saturated carbocycles. The molecule has 1 amide bonds. The highest BCUT2D eigenvalue weighted by Gasteiger charge is 2.17. The molecule has 18 heavy (non-hydrogen) atoms. The Morgan fingerprint density at radius 2 is 1.89 bits per heavy atom. The van der Waals surface area contributed by atoms with Crippen LogP contribution in [0.25, 0.3) is 0 Å². The number of rotatable bonds is 5. The Balaban J connectivity index is 2.80. The van der Waals surface area contributed by atoms with Crippen molar-refractivity contribution in [2.24, 2.45) is 0 Å². The van der Waals surface area contributed by atoms with Crippen molar-refractivity contribution in [3.8, 4) is 0 Å². The maximum Gasteiger partial charge on any atom is 0.308 e. The van der Waals surface area contributed by atoms with E-state index in [-0.39, 0.29) is 24.3 Å². The molecule has 0 aliphatic rings. The van der Waals surface area contributed by atoms with Gasteiger partial charge in [-0.2, -0.15) is 0 Å². The summed E-state index contributed by atoms with van der Waals surface area (Å²) >= 11 is 0. The number of ether oxygens (including phenoxy) is 1. The Labute approximate surface area is 107 Å². The van der Waals surface area contributed by atoms with Crippen LogP contribution in [-0.2, 0) is 14.3 Å². The molecule has 0 radical (unpaired) electrons. The zero-order valence-corrected chi connectivity index (χ0v) is 11.0. The van der Waals surface area contributed by atoms with Gasteiger partial charge in [-0.15, -0.1) is 0 Å². The number of nitrogens with one attached hydrogen (secondary N) is 1. The summed E-state index contributed by atoms with van der Waals surface area (Å²) in [5.74, 6) is -0.471. The second-order valence-corrected chi connectivity index (χ2v) is 4.17. The fourth-order valence-electron chi connectivity index (χ4n) is 1.68. The number of amides is 1. The van der Waals surface area contributed by atoms with Crippen LogP contribution in [0.4, 0.5) is 0 Å². The molecule has 1 unspecified atom stereocenters. The molecule has 0 bridgehead atoms. The number of carbonyl (C=O) groups excluding carboxylic acids is 2. The van der Waals surface area contributed by atoms with Crippen molar-refractivity contribution in [1.29, 1.82) is 0 Å². The Hall–Kier alpha value is -1.84. The van der Waals surface area contributed by atoms with Gasteiger partial charge in [0.25, 0.3) is 0 Å². The molecule has 1 atom stereocenters. The Kier molecular flexibility index (Phi) is 5.36. The lowest BCUT2D eigenvalue weighted by molar-refractivity contribution is -0.143. The molecule has 4 heteroatoms. The lowest BCUT2D eigenvalue weighted by Gasteiger charge is -2.17. The number of benzene rings is 1. The first kappa shape index (κ1) is 14.2. The van der Waals surface area contributed by atoms with E-state index in [4.69, 9.17) is 4.74 Å². The van der Waals surface area contributed by atoms with Crippen molar-refractivity contribution in [3.05, 3.63) is 35.4 Å². The standard InChI is InChI=1S/C14H19NO3/c1-4-18-14(17)9-13(15-11(3)16)12-7-5-10(2)6-8-12/h5-8,13H,4,9H2,1-3H3,(H,15,16).